The van der Waals surface area contributed by atoms with E-state index in [9.17, 15) is 23.6 Å². The Bertz CT molecular complexity index is 1070. The summed E-state index contributed by atoms with van der Waals surface area (Å²) in [5, 5.41) is 5.40. The van der Waals surface area contributed by atoms with Gasteiger partial charge in [0.25, 0.3) is 11.8 Å². The van der Waals surface area contributed by atoms with Crippen LogP contribution in [0, 0.1) is 5.82 Å². The number of piperidine rings is 1. The van der Waals surface area contributed by atoms with E-state index in [1.165, 1.54) is 46.6 Å². The van der Waals surface area contributed by atoms with Gasteiger partial charge in [0.2, 0.25) is 11.8 Å². The van der Waals surface area contributed by atoms with Crippen LogP contribution < -0.4 is 10.6 Å². The van der Waals surface area contributed by atoms with Crippen LogP contribution in [-0.2, 0) is 9.59 Å². The van der Waals surface area contributed by atoms with Crippen molar-refractivity contribution in [2.45, 2.75) is 24.9 Å². The fraction of sp³-hybridized carbons (Fsp3) is 0.364. The summed E-state index contributed by atoms with van der Waals surface area (Å²) in [6, 6.07) is 3.42. The number of amides is 4. The molecule has 0 unspecified atom stereocenters. The zero-order valence-electron chi connectivity index (χ0n) is 17.7. The van der Waals surface area contributed by atoms with Gasteiger partial charge in [-0.1, -0.05) is 6.07 Å². The van der Waals surface area contributed by atoms with Crippen molar-refractivity contribution >= 4 is 23.6 Å². The molecule has 4 amide bonds. The summed E-state index contributed by atoms with van der Waals surface area (Å²) in [6.45, 7) is 0.649. The quantitative estimate of drug-likeness (QED) is 0.669. The summed E-state index contributed by atoms with van der Waals surface area (Å²) in [5.41, 5.74) is 0.213. The molecule has 2 aromatic rings. The highest BCUT2D eigenvalue weighted by Gasteiger charge is 2.39. The maximum atomic E-state index is 13.7. The van der Waals surface area contributed by atoms with Crippen molar-refractivity contribution in [1.29, 1.82) is 0 Å². The van der Waals surface area contributed by atoms with Crippen LogP contribution in [0.5, 0.6) is 0 Å². The number of aromatic nitrogens is 2. The van der Waals surface area contributed by atoms with Crippen LogP contribution in [0.4, 0.5) is 4.39 Å². The van der Waals surface area contributed by atoms with Crippen LogP contribution in [0.25, 0.3) is 0 Å². The van der Waals surface area contributed by atoms with Gasteiger partial charge in [0, 0.05) is 37.6 Å². The molecule has 0 bridgehead atoms. The molecule has 10 nitrogen and oxygen atoms in total. The van der Waals surface area contributed by atoms with Gasteiger partial charge in [-0.15, -0.1) is 0 Å². The molecule has 1 aromatic heterocycles. The van der Waals surface area contributed by atoms with E-state index < -0.39 is 35.6 Å². The first-order valence-electron chi connectivity index (χ1n) is 10.6. The van der Waals surface area contributed by atoms with Gasteiger partial charge in [0.1, 0.15) is 23.6 Å². The molecule has 0 radical (unpaired) electrons. The SMILES string of the molecule is O=C1NCCC[C@H]1NC(=O)[C@@H]1CN(C(=O)c2cnccn2)CCN1C(=O)c1cccc(F)c1. The lowest BCUT2D eigenvalue weighted by Crippen LogP contribution is -2.63. The Morgan fingerprint density at radius 2 is 2.00 bits per heavy atom. The molecule has 11 heteroatoms. The molecule has 0 aliphatic carbocycles. The average Bonchev–Trinajstić information content (AvgIpc) is 2.84. The highest BCUT2D eigenvalue weighted by atomic mass is 19.1. The Kier molecular flexibility index (Phi) is 6.57. The van der Waals surface area contributed by atoms with Crippen LogP contribution in [0.2, 0.25) is 0 Å². The molecule has 0 saturated carbocycles. The lowest BCUT2D eigenvalue weighted by atomic mass is 10.0. The fourth-order valence-corrected chi connectivity index (χ4v) is 3.97. The van der Waals surface area contributed by atoms with E-state index in [4.69, 9.17) is 0 Å². The summed E-state index contributed by atoms with van der Waals surface area (Å²) in [6.07, 6.45) is 5.35. The average molecular weight is 454 g/mol. The van der Waals surface area contributed by atoms with Gasteiger partial charge < -0.3 is 20.4 Å². The minimum absolute atomic E-state index is 0.0519. The summed E-state index contributed by atoms with van der Waals surface area (Å²) in [7, 11) is 0. The molecular weight excluding hydrogens is 431 g/mol. The van der Waals surface area contributed by atoms with Crippen molar-refractivity contribution in [2.24, 2.45) is 0 Å². The third kappa shape index (κ3) is 4.97. The van der Waals surface area contributed by atoms with Gasteiger partial charge in [-0.3, -0.25) is 24.2 Å². The molecule has 2 aliphatic rings. The highest BCUT2D eigenvalue weighted by molar-refractivity contribution is 5.99. The van der Waals surface area contributed by atoms with Gasteiger partial charge in [0.05, 0.1) is 12.7 Å². The Morgan fingerprint density at radius 1 is 1.15 bits per heavy atom. The van der Waals surface area contributed by atoms with E-state index in [0.717, 1.165) is 6.07 Å². The second-order valence-electron chi connectivity index (χ2n) is 7.86. The van der Waals surface area contributed by atoms with E-state index in [1.54, 1.807) is 0 Å². The van der Waals surface area contributed by atoms with E-state index >= 15 is 0 Å². The molecule has 2 atom stereocenters. The molecule has 2 aliphatic heterocycles. The van der Waals surface area contributed by atoms with Crippen molar-refractivity contribution in [3.8, 4) is 0 Å². The van der Waals surface area contributed by atoms with E-state index in [2.05, 4.69) is 20.6 Å². The number of rotatable bonds is 4. The van der Waals surface area contributed by atoms with Crippen molar-refractivity contribution in [2.75, 3.05) is 26.2 Å². The summed E-state index contributed by atoms with van der Waals surface area (Å²) in [5.74, 6) is -2.37. The minimum Gasteiger partial charge on any atom is -0.354 e. The van der Waals surface area contributed by atoms with Crippen LogP contribution in [-0.4, -0.2) is 81.7 Å². The molecular formula is C22H23FN6O4. The zero-order chi connectivity index (χ0) is 23.4. The third-order valence-corrected chi connectivity index (χ3v) is 5.69. The maximum Gasteiger partial charge on any atom is 0.274 e. The molecule has 2 fully saturated rings. The number of hydrogen-bond acceptors (Lipinski definition) is 6. The lowest BCUT2D eigenvalue weighted by molar-refractivity contribution is -0.133. The minimum atomic E-state index is -1.06. The fourth-order valence-electron chi connectivity index (χ4n) is 3.97. The molecule has 0 spiro atoms. The normalized spacial score (nSPS) is 20.7. The lowest BCUT2D eigenvalue weighted by Gasteiger charge is -2.41. The third-order valence-electron chi connectivity index (χ3n) is 5.69. The Hall–Kier alpha value is -3.89. The Balaban J connectivity index is 1.57. The monoisotopic (exact) mass is 454 g/mol. The van der Waals surface area contributed by atoms with E-state index in [-0.39, 0.29) is 36.8 Å². The number of piperazine rings is 1. The van der Waals surface area contributed by atoms with E-state index in [1.807, 2.05) is 0 Å². The molecule has 172 valence electrons. The maximum absolute atomic E-state index is 13.7. The number of halogens is 1. The van der Waals surface area contributed by atoms with Crippen molar-refractivity contribution < 1.29 is 23.6 Å². The molecule has 2 N–H and O–H groups in total. The first-order valence-corrected chi connectivity index (χ1v) is 10.6. The number of carbonyl (C=O) groups is 4. The smallest absolute Gasteiger partial charge is 0.274 e. The number of nitrogens with one attached hydrogen (secondary N) is 2. The molecule has 33 heavy (non-hydrogen) atoms. The molecule has 3 heterocycles. The largest absolute Gasteiger partial charge is 0.354 e. The van der Waals surface area contributed by atoms with Crippen LogP contribution in [0.1, 0.15) is 33.7 Å². The first-order chi connectivity index (χ1) is 15.9. The van der Waals surface area contributed by atoms with Gasteiger partial charge in [-0.05, 0) is 31.0 Å². The second-order valence-corrected chi connectivity index (χ2v) is 7.86. The standard InChI is InChI=1S/C22H23FN6O4/c23-15-4-1-3-14(11-15)21(32)29-10-9-28(22(33)17-12-24-7-8-25-17)13-18(29)20(31)27-16-5-2-6-26-19(16)30/h1,3-4,7-8,11-12,16,18H,2,5-6,9-10,13H2,(H,26,30)(H,27,31)/t16-,18+/m1/s1. The van der Waals surface area contributed by atoms with Crippen molar-refractivity contribution in [1.82, 2.24) is 30.4 Å². The second kappa shape index (κ2) is 9.72. The predicted octanol–water partition coefficient (Wildman–Crippen LogP) is -0.0227. The highest BCUT2D eigenvalue weighted by Crippen LogP contribution is 2.18. The molecule has 4 rings (SSSR count). The van der Waals surface area contributed by atoms with Gasteiger partial charge >= 0.3 is 0 Å². The van der Waals surface area contributed by atoms with Crippen LogP contribution in [0.15, 0.2) is 42.9 Å². The molecule has 2 saturated heterocycles. The van der Waals surface area contributed by atoms with Crippen LogP contribution in [0.3, 0.4) is 0 Å². The molecule has 1 aromatic carbocycles. The van der Waals surface area contributed by atoms with Gasteiger partial charge in [0.15, 0.2) is 0 Å². The van der Waals surface area contributed by atoms with Gasteiger partial charge in [-0.25, -0.2) is 9.37 Å². The number of carbonyl (C=O) groups excluding carboxylic acids is 4. The first kappa shape index (κ1) is 22.3. The van der Waals surface area contributed by atoms with Crippen molar-refractivity contribution in [3.05, 3.63) is 59.9 Å². The number of hydrogen-bond donors (Lipinski definition) is 2. The Labute approximate surface area is 189 Å². The van der Waals surface area contributed by atoms with Crippen LogP contribution >= 0.6 is 0 Å². The van der Waals surface area contributed by atoms with E-state index in [0.29, 0.717) is 19.4 Å². The Morgan fingerprint density at radius 3 is 2.73 bits per heavy atom. The topological polar surface area (TPSA) is 125 Å². The zero-order valence-corrected chi connectivity index (χ0v) is 17.7. The van der Waals surface area contributed by atoms with Gasteiger partial charge in [-0.2, -0.15) is 0 Å². The number of nitrogens with zero attached hydrogens (tertiary/aromatic N) is 4. The summed E-state index contributed by atoms with van der Waals surface area (Å²) < 4.78 is 13.7. The summed E-state index contributed by atoms with van der Waals surface area (Å²) in [4.78, 5) is 62.0. The summed E-state index contributed by atoms with van der Waals surface area (Å²) >= 11 is 0. The number of benzene rings is 1. The predicted molar refractivity (Wildman–Crippen MR) is 113 cm³/mol. The van der Waals surface area contributed by atoms with Crippen molar-refractivity contribution in [3.63, 3.8) is 0 Å².